The van der Waals surface area contributed by atoms with Gasteiger partial charge in [0.05, 0.1) is 18.8 Å². The smallest absolute Gasteiger partial charge is 0.407 e. The number of carbonyl (C=O) groups excluding carboxylic acids is 1. The van der Waals surface area contributed by atoms with Crippen molar-refractivity contribution in [3.63, 3.8) is 0 Å². The number of hydrogen-bond donors (Lipinski definition) is 4. The quantitative estimate of drug-likeness (QED) is 0.398. The molecule has 3 rings (SSSR count). The summed E-state index contributed by atoms with van der Waals surface area (Å²) in [5.41, 5.74) is 7.71. The van der Waals surface area contributed by atoms with Crippen LogP contribution in [0.4, 0.5) is 4.79 Å². The molecule has 1 heterocycles. The third-order valence-electron chi connectivity index (χ3n) is 5.03. The van der Waals surface area contributed by atoms with Crippen molar-refractivity contribution in [3.05, 3.63) is 71.8 Å². The summed E-state index contributed by atoms with van der Waals surface area (Å²) in [5, 5.41) is 15.4. The second-order valence-corrected chi connectivity index (χ2v) is 9.29. The number of amides is 1. The molecule has 0 aromatic heterocycles. The van der Waals surface area contributed by atoms with Gasteiger partial charge in [-0.25, -0.2) is 4.79 Å². The molecule has 7 heteroatoms. The number of alkyl carbamates (subject to hydrolysis) is 1. The molecule has 2 aromatic carbocycles. The molecule has 4 atom stereocenters. The van der Waals surface area contributed by atoms with E-state index in [9.17, 15) is 9.90 Å². The molecule has 1 aliphatic heterocycles. The molecule has 5 N–H and O–H groups in total. The minimum Gasteiger partial charge on any atom is -0.444 e. The molecule has 4 unspecified atom stereocenters. The number of hydrogen-bond acceptors (Lipinski definition) is 6. The third kappa shape index (κ3) is 13.9. The summed E-state index contributed by atoms with van der Waals surface area (Å²) in [7, 11) is 1.80. The van der Waals surface area contributed by atoms with Gasteiger partial charge in [0.1, 0.15) is 11.7 Å². The second kappa shape index (κ2) is 16.3. The second-order valence-electron chi connectivity index (χ2n) is 9.29. The van der Waals surface area contributed by atoms with E-state index in [2.05, 4.69) is 10.6 Å². The lowest BCUT2D eigenvalue weighted by molar-refractivity contribution is 0.0495. The predicted molar refractivity (Wildman–Crippen MR) is 145 cm³/mol. The fourth-order valence-corrected chi connectivity index (χ4v) is 3.27. The molecule has 1 fully saturated rings. The van der Waals surface area contributed by atoms with E-state index >= 15 is 0 Å². The number of ether oxygens (including phenoxy) is 2. The van der Waals surface area contributed by atoms with E-state index in [1.165, 1.54) is 5.56 Å². The molecule has 0 saturated carbocycles. The minimum atomic E-state index is -0.486. The number of epoxide rings is 1. The summed E-state index contributed by atoms with van der Waals surface area (Å²) in [5.74, 6) is 0. The number of benzene rings is 2. The number of nitrogens with one attached hydrogen (secondary N) is 2. The zero-order chi connectivity index (χ0) is 24.3. The molecule has 0 spiro atoms. The zero-order valence-corrected chi connectivity index (χ0v) is 20.2. The number of nitrogens with two attached hydrogens (primary N) is 1. The van der Waals surface area contributed by atoms with Gasteiger partial charge in [-0.1, -0.05) is 75.5 Å². The number of likely N-dealkylation sites (N-methyl/N-ethyl adjacent to an activating group) is 1. The Kier molecular flexibility index (Phi) is 15.1. The van der Waals surface area contributed by atoms with Gasteiger partial charge in [0.15, 0.2) is 0 Å². The summed E-state index contributed by atoms with van der Waals surface area (Å²) in [6.45, 7) is 6.80. The Hall–Kier alpha value is -2.45. The molecule has 2 aromatic rings. The van der Waals surface area contributed by atoms with Crippen LogP contribution in [0.15, 0.2) is 60.7 Å². The van der Waals surface area contributed by atoms with Crippen LogP contribution >= 0.6 is 0 Å². The molecule has 7 nitrogen and oxygen atoms in total. The highest BCUT2D eigenvalue weighted by molar-refractivity contribution is 5.68. The fraction of sp³-hybridized carbons (Fsp3) is 0.536. The van der Waals surface area contributed by atoms with Gasteiger partial charge in [0.2, 0.25) is 0 Å². The van der Waals surface area contributed by atoms with Crippen LogP contribution in [0.2, 0.25) is 0 Å². The normalized spacial score (nSPS) is 16.7. The van der Waals surface area contributed by atoms with Crippen LogP contribution in [0.1, 0.15) is 46.8 Å². The van der Waals surface area contributed by atoms with Crippen molar-refractivity contribution in [2.24, 2.45) is 5.73 Å². The SMILES string of the molecule is C.C.CC(C)(C)OC(=O)NC(Cc1ccccc1)C1CO1.CNCC(O)C(N)Cc1ccccc1. The van der Waals surface area contributed by atoms with Gasteiger partial charge >= 0.3 is 6.09 Å². The van der Waals surface area contributed by atoms with Crippen molar-refractivity contribution in [3.8, 4) is 0 Å². The lowest BCUT2D eigenvalue weighted by atomic mass is 10.0. The first-order valence-electron chi connectivity index (χ1n) is 11.4. The Balaban J connectivity index is 0.000000652. The molecule has 1 aliphatic rings. The van der Waals surface area contributed by atoms with Gasteiger partial charge in [-0.15, -0.1) is 0 Å². The lowest BCUT2D eigenvalue weighted by Crippen LogP contribution is -2.43. The van der Waals surface area contributed by atoms with E-state index in [0.29, 0.717) is 19.6 Å². The largest absolute Gasteiger partial charge is 0.444 e. The molecular weight excluding hydrogens is 442 g/mol. The fourth-order valence-electron chi connectivity index (χ4n) is 3.27. The summed E-state index contributed by atoms with van der Waals surface area (Å²) in [4.78, 5) is 11.8. The Labute approximate surface area is 212 Å². The van der Waals surface area contributed by atoms with Crippen molar-refractivity contribution in [1.82, 2.24) is 10.6 Å². The van der Waals surface area contributed by atoms with E-state index in [4.69, 9.17) is 15.2 Å². The predicted octanol–water partition coefficient (Wildman–Crippen LogP) is 3.93. The maximum Gasteiger partial charge on any atom is 0.407 e. The summed E-state index contributed by atoms with van der Waals surface area (Å²) < 4.78 is 10.6. The average molecular weight is 490 g/mol. The van der Waals surface area contributed by atoms with Crippen LogP contribution in [0.3, 0.4) is 0 Å². The summed E-state index contributed by atoms with van der Waals surface area (Å²) in [6, 6.07) is 19.8. The number of rotatable bonds is 9. The molecule has 0 bridgehead atoms. The minimum absolute atomic E-state index is 0. The first kappa shape index (κ1) is 32.5. The average Bonchev–Trinajstić information content (AvgIpc) is 3.59. The van der Waals surface area contributed by atoms with Crippen LogP contribution in [0.25, 0.3) is 0 Å². The lowest BCUT2D eigenvalue weighted by Gasteiger charge is -2.23. The summed E-state index contributed by atoms with van der Waals surface area (Å²) in [6.07, 6.45) is 0.700. The summed E-state index contributed by atoms with van der Waals surface area (Å²) >= 11 is 0. The highest BCUT2D eigenvalue weighted by Gasteiger charge is 2.34. The van der Waals surface area contributed by atoms with Crippen molar-refractivity contribution >= 4 is 6.09 Å². The topological polar surface area (TPSA) is 109 Å². The van der Waals surface area contributed by atoms with E-state index in [-0.39, 0.29) is 39.1 Å². The molecule has 1 saturated heterocycles. The van der Waals surface area contributed by atoms with Crippen LogP contribution in [-0.2, 0) is 22.3 Å². The van der Waals surface area contributed by atoms with E-state index in [1.807, 2.05) is 81.4 Å². The Morgan fingerprint density at radius 2 is 1.54 bits per heavy atom. The Morgan fingerprint density at radius 1 is 1.06 bits per heavy atom. The van der Waals surface area contributed by atoms with Crippen LogP contribution in [0.5, 0.6) is 0 Å². The maximum atomic E-state index is 11.8. The molecular formula is C28H47N3O4. The van der Waals surface area contributed by atoms with Crippen LogP contribution in [-0.4, -0.2) is 61.3 Å². The van der Waals surface area contributed by atoms with Gasteiger partial charge in [0.25, 0.3) is 0 Å². The van der Waals surface area contributed by atoms with Crippen molar-refractivity contribution < 1.29 is 19.4 Å². The number of carbonyl (C=O) groups is 1. The van der Waals surface area contributed by atoms with Crippen LogP contribution in [0, 0.1) is 0 Å². The highest BCUT2D eigenvalue weighted by atomic mass is 16.6. The third-order valence-corrected chi connectivity index (χ3v) is 5.03. The van der Waals surface area contributed by atoms with Crippen LogP contribution < -0.4 is 16.4 Å². The Morgan fingerprint density at radius 3 is 1.97 bits per heavy atom. The standard InChI is InChI=1S/C15H21NO3.C11H18N2O.2CH4/c1-15(2,3)19-14(17)16-12(13-10-18-13)9-11-7-5-4-6-8-11;1-13-8-11(14)10(12)7-9-5-3-2-4-6-9;;/h4-8,12-13H,9-10H2,1-3H3,(H,16,17);2-6,10-11,13-14H,7-8,12H2,1H3;2*1H4. The zero-order valence-electron chi connectivity index (χ0n) is 20.2. The van der Waals surface area contributed by atoms with E-state index in [0.717, 1.165) is 12.0 Å². The van der Waals surface area contributed by atoms with Gasteiger partial charge in [0, 0.05) is 12.6 Å². The Bertz CT molecular complexity index is 808. The molecule has 0 radical (unpaired) electrons. The molecule has 35 heavy (non-hydrogen) atoms. The molecule has 0 aliphatic carbocycles. The van der Waals surface area contributed by atoms with Gasteiger partial charge in [-0.2, -0.15) is 0 Å². The highest BCUT2D eigenvalue weighted by Crippen LogP contribution is 2.19. The van der Waals surface area contributed by atoms with Crippen molar-refractivity contribution in [1.29, 1.82) is 0 Å². The monoisotopic (exact) mass is 489 g/mol. The van der Waals surface area contributed by atoms with Gasteiger partial charge < -0.3 is 30.9 Å². The van der Waals surface area contributed by atoms with Crippen molar-refractivity contribution in [2.75, 3.05) is 20.2 Å². The van der Waals surface area contributed by atoms with E-state index in [1.54, 1.807) is 7.05 Å². The first-order valence-corrected chi connectivity index (χ1v) is 11.4. The molecule has 1 amide bonds. The van der Waals surface area contributed by atoms with Gasteiger partial charge in [-0.05, 0) is 51.8 Å². The van der Waals surface area contributed by atoms with Crippen molar-refractivity contribution in [2.45, 2.75) is 78.4 Å². The first-order chi connectivity index (χ1) is 15.7. The number of aliphatic hydroxyl groups is 1. The van der Waals surface area contributed by atoms with Gasteiger partial charge in [-0.3, -0.25) is 0 Å². The molecule has 198 valence electrons. The number of aliphatic hydroxyl groups excluding tert-OH is 1. The van der Waals surface area contributed by atoms with E-state index < -0.39 is 11.7 Å². The maximum absolute atomic E-state index is 11.8.